The third kappa shape index (κ3) is 6.20. The largest absolute Gasteiger partial charge is 0.463 e. The molecule has 1 unspecified atom stereocenters. The number of hydrogen-bond donors (Lipinski definition) is 0. The average molecular weight is 172 g/mol. The Kier molecular flexibility index (Phi) is 5.77. The van der Waals surface area contributed by atoms with E-state index in [2.05, 4.69) is 13.8 Å². The van der Waals surface area contributed by atoms with Gasteiger partial charge in [-0.15, -0.1) is 0 Å². The Balaban J connectivity index is 3.46. The van der Waals surface area contributed by atoms with E-state index in [1.54, 1.807) is 0 Å². The van der Waals surface area contributed by atoms with Gasteiger partial charge < -0.3 is 4.74 Å². The molecule has 1 atom stereocenters. The second-order valence-electron chi connectivity index (χ2n) is 3.64. The van der Waals surface area contributed by atoms with Gasteiger partial charge in [-0.05, 0) is 25.7 Å². The molecule has 0 radical (unpaired) electrons. The molecular weight excluding hydrogens is 152 g/mol. The summed E-state index contributed by atoms with van der Waals surface area (Å²) in [5, 5.41) is 0. The van der Waals surface area contributed by atoms with Crippen LogP contribution in [0.5, 0.6) is 0 Å². The molecule has 2 nitrogen and oxygen atoms in total. The van der Waals surface area contributed by atoms with Crippen LogP contribution in [0, 0.1) is 5.92 Å². The first-order valence-corrected chi connectivity index (χ1v) is 4.75. The van der Waals surface area contributed by atoms with Crippen molar-refractivity contribution < 1.29 is 9.53 Å². The maximum absolute atomic E-state index is 11.1. The summed E-state index contributed by atoms with van der Waals surface area (Å²) in [7, 11) is 0. The van der Waals surface area contributed by atoms with Gasteiger partial charge in [0.25, 0.3) is 0 Å². The van der Waals surface area contributed by atoms with Crippen molar-refractivity contribution in [2.75, 3.05) is 0 Å². The molecule has 0 aromatic heterocycles. The first kappa shape index (κ1) is 11.5. The molecule has 72 valence electrons. The van der Waals surface area contributed by atoms with Crippen molar-refractivity contribution in [2.24, 2.45) is 5.92 Å². The van der Waals surface area contributed by atoms with Crippen molar-refractivity contribution in [3.8, 4) is 0 Å². The van der Waals surface area contributed by atoms with Crippen LogP contribution >= 0.6 is 0 Å². The predicted octanol–water partition coefficient (Wildman–Crippen LogP) is 2.76. The highest BCUT2D eigenvalue weighted by Gasteiger charge is 2.07. The van der Waals surface area contributed by atoms with E-state index in [0.717, 1.165) is 12.8 Å². The van der Waals surface area contributed by atoms with Crippen molar-refractivity contribution in [3.63, 3.8) is 0 Å². The Morgan fingerprint density at radius 3 is 2.33 bits per heavy atom. The van der Waals surface area contributed by atoms with Gasteiger partial charge in [-0.1, -0.05) is 20.8 Å². The predicted molar refractivity (Wildman–Crippen MR) is 49.9 cm³/mol. The van der Waals surface area contributed by atoms with Gasteiger partial charge in [-0.3, -0.25) is 4.79 Å². The smallest absolute Gasteiger partial charge is 0.306 e. The van der Waals surface area contributed by atoms with E-state index in [0.29, 0.717) is 12.3 Å². The van der Waals surface area contributed by atoms with Crippen LogP contribution in [-0.2, 0) is 9.53 Å². The Hall–Kier alpha value is -0.530. The number of ether oxygens (including phenoxy) is 1. The van der Waals surface area contributed by atoms with E-state index in [4.69, 9.17) is 4.74 Å². The van der Waals surface area contributed by atoms with Crippen LogP contribution in [0.3, 0.4) is 0 Å². The van der Waals surface area contributed by atoms with E-state index >= 15 is 0 Å². The van der Waals surface area contributed by atoms with Crippen molar-refractivity contribution in [2.45, 2.75) is 53.1 Å². The summed E-state index contributed by atoms with van der Waals surface area (Å²) in [6.45, 7) is 8.15. The fourth-order valence-electron chi connectivity index (χ4n) is 0.773. The van der Waals surface area contributed by atoms with Crippen molar-refractivity contribution in [1.82, 2.24) is 0 Å². The summed E-state index contributed by atoms with van der Waals surface area (Å²) in [6, 6.07) is 0. The van der Waals surface area contributed by atoms with Crippen molar-refractivity contribution in [1.29, 1.82) is 0 Å². The Labute approximate surface area is 75.3 Å². The highest BCUT2D eigenvalue weighted by atomic mass is 16.5. The summed E-state index contributed by atoms with van der Waals surface area (Å²) in [4.78, 5) is 11.1. The first-order valence-electron chi connectivity index (χ1n) is 4.75. The van der Waals surface area contributed by atoms with Gasteiger partial charge in [0.1, 0.15) is 0 Å². The first-order chi connectivity index (χ1) is 5.56. The molecule has 0 spiro atoms. The topological polar surface area (TPSA) is 26.3 Å². The average Bonchev–Trinajstić information content (AvgIpc) is 2.00. The fourth-order valence-corrected chi connectivity index (χ4v) is 0.773. The Bertz CT molecular complexity index is 130. The van der Waals surface area contributed by atoms with Crippen LogP contribution in [0.1, 0.15) is 47.0 Å². The lowest BCUT2D eigenvalue weighted by atomic mass is 10.1. The van der Waals surface area contributed by atoms with Gasteiger partial charge in [0, 0.05) is 6.42 Å². The molecule has 0 aliphatic heterocycles. The SMILES string of the molecule is CCC(C)OC(=O)CCC(C)C. The molecule has 0 saturated carbocycles. The van der Waals surface area contributed by atoms with Crippen LogP contribution in [-0.4, -0.2) is 12.1 Å². The molecule has 0 aromatic rings. The summed E-state index contributed by atoms with van der Waals surface area (Å²) >= 11 is 0. The van der Waals surface area contributed by atoms with Crippen LogP contribution in [0.2, 0.25) is 0 Å². The highest BCUT2D eigenvalue weighted by molar-refractivity contribution is 5.69. The quantitative estimate of drug-likeness (QED) is 0.596. The molecule has 2 heteroatoms. The molecule has 0 amide bonds. The van der Waals surface area contributed by atoms with E-state index in [9.17, 15) is 4.79 Å². The van der Waals surface area contributed by atoms with Crippen LogP contribution < -0.4 is 0 Å². The number of carbonyl (C=O) groups excluding carboxylic acids is 1. The van der Waals surface area contributed by atoms with Crippen molar-refractivity contribution >= 4 is 5.97 Å². The lowest BCUT2D eigenvalue weighted by molar-refractivity contribution is -0.148. The molecule has 0 N–H and O–H groups in total. The minimum atomic E-state index is -0.0574. The van der Waals surface area contributed by atoms with E-state index in [-0.39, 0.29) is 12.1 Å². The van der Waals surface area contributed by atoms with Gasteiger partial charge in [0.15, 0.2) is 0 Å². The number of esters is 1. The molecule has 0 aromatic carbocycles. The zero-order valence-electron chi connectivity index (χ0n) is 8.59. The Morgan fingerprint density at radius 1 is 1.33 bits per heavy atom. The summed E-state index contributed by atoms with van der Waals surface area (Å²) in [6.07, 6.45) is 2.45. The van der Waals surface area contributed by atoms with E-state index < -0.39 is 0 Å². The van der Waals surface area contributed by atoms with Crippen LogP contribution in [0.15, 0.2) is 0 Å². The molecule has 0 rings (SSSR count). The molecule has 12 heavy (non-hydrogen) atoms. The standard InChI is InChI=1S/C10H20O2/c1-5-9(4)12-10(11)7-6-8(2)3/h8-9H,5-7H2,1-4H3. The maximum atomic E-state index is 11.1. The molecule has 0 aliphatic carbocycles. The number of hydrogen-bond acceptors (Lipinski definition) is 2. The molecule has 0 fully saturated rings. The zero-order chi connectivity index (χ0) is 9.56. The minimum Gasteiger partial charge on any atom is -0.463 e. The highest BCUT2D eigenvalue weighted by Crippen LogP contribution is 2.06. The summed E-state index contributed by atoms with van der Waals surface area (Å²) in [5.41, 5.74) is 0. The molecule has 0 heterocycles. The van der Waals surface area contributed by atoms with Crippen molar-refractivity contribution in [3.05, 3.63) is 0 Å². The second kappa shape index (κ2) is 6.04. The summed E-state index contributed by atoms with van der Waals surface area (Å²) in [5.74, 6) is 0.521. The Morgan fingerprint density at radius 2 is 1.92 bits per heavy atom. The van der Waals surface area contributed by atoms with E-state index in [1.165, 1.54) is 0 Å². The second-order valence-corrected chi connectivity index (χ2v) is 3.64. The van der Waals surface area contributed by atoms with Crippen LogP contribution in [0.4, 0.5) is 0 Å². The third-order valence-corrected chi connectivity index (χ3v) is 1.83. The maximum Gasteiger partial charge on any atom is 0.306 e. The van der Waals surface area contributed by atoms with Gasteiger partial charge in [0.2, 0.25) is 0 Å². The van der Waals surface area contributed by atoms with E-state index in [1.807, 2.05) is 13.8 Å². The molecular formula is C10H20O2. The third-order valence-electron chi connectivity index (χ3n) is 1.83. The van der Waals surface area contributed by atoms with Gasteiger partial charge in [0.05, 0.1) is 6.10 Å². The van der Waals surface area contributed by atoms with Gasteiger partial charge >= 0.3 is 5.97 Å². The number of carbonyl (C=O) groups is 1. The monoisotopic (exact) mass is 172 g/mol. The molecule has 0 aliphatic rings. The number of rotatable bonds is 5. The van der Waals surface area contributed by atoms with Gasteiger partial charge in [-0.25, -0.2) is 0 Å². The fraction of sp³-hybridized carbons (Fsp3) is 0.900. The van der Waals surface area contributed by atoms with Gasteiger partial charge in [-0.2, -0.15) is 0 Å². The molecule has 0 bridgehead atoms. The molecule has 0 saturated heterocycles. The lowest BCUT2D eigenvalue weighted by Crippen LogP contribution is -2.14. The summed E-state index contributed by atoms with van der Waals surface area (Å²) < 4.78 is 5.11. The minimum absolute atomic E-state index is 0.0574. The zero-order valence-corrected chi connectivity index (χ0v) is 8.59. The normalized spacial score (nSPS) is 13.1. The lowest BCUT2D eigenvalue weighted by Gasteiger charge is -2.11. The van der Waals surface area contributed by atoms with Crippen LogP contribution in [0.25, 0.3) is 0 Å².